The zero-order valence-electron chi connectivity index (χ0n) is 17.3. The number of aliphatic carboxylic acids is 3. The molecule has 0 saturated heterocycles. The van der Waals surface area contributed by atoms with Crippen LogP contribution in [0.5, 0.6) is 0 Å². The summed E-state index contributed by atoms with van der Waals surface area (Å²) in [6.07, 6.45) is 14.2. The zero-order valence-corrected chi connectivity index (χ0v) is 17.3. The van der Waals surface area contributed by atoms with Gasteiger partial charge in [0, 0.05) is 17.1 Å². The Balaban J connectivity index is 0.000000193. The Morgan fingerprint density at radius 2 is 1.31 bits per heavy atom. The van der Waals surface area contributed by atoms with E-state index in [1.165, 1.54) is 19.3 Å². The zero-order chi connectivity index (χ0) is 21.6. The molecule has 29 heavy (non-hydrogen) atoms. The van der Waals surface area contributed by atoms with Crippen molar-refractivity contribution in [2.24, 2.45) is 29.1 Å². The van der Waals surface area contributed by atoms with E-state index in [0.29, 0.717) is 5.57 Å². The van der Waals surface area contributed by atoms with Crippen molar-refractivity contribution in [2.45, 2.75) is 71.1 Å². The van der Waals surface area contributed by atoms with E-state index in [-0.39, 0.29) is 11.3 Å². The number of carboxylic acid groups (broad SMARTS) is 3. The van der Waals surface area contributed by atoms with E-state index in [4.69, 9.17) is 10.2 Å². The third-order valence-corrected chi connectivity index (χ3v) is 7.01. The summed E-state index contributed by atoms with van der Waals surface area (Å²) >= 11 is 0. The maximum absolute atomic E-state index is 11.4. The van der Waals surface area contributed by atoms with Crippen LogP contribution in [0.2, 0.25) is 0 Å². The van der Waals surface area contributed by atoms with Gasteiger partial charge < -0.3 is 15.3 Å². The van der Waals surface area contributed by atoms with Crippen molar-refractivity contribution >= 4 is 17.9 Å². The first-order chi connectivity index (χ1) is 13.7. The highest BCUT2D eigenvalue weighted by molar-refractivity contribution is 5.88. The Morgan fingerprint density at radius 3 is 1.55 bits per heavy atom. The van der Waals surface area contributed by atoms with E-state index in [2.05, 4.69) is 6.58 Å². The van der Waals surface area contributed by atoms with Gasteiger partial charge in [-0.25, -0.2) is 9.59 Å². The SMILES string of the molecule is C=CC(=O)O.CC=C(C(=O)O)C12CC3CC(CC(C3)C1)C2.O=C(O)C1CCCC1. The molecule has 0 unspecified atom stereocenters. The van der Waals surface area contributed by atoms with Gasteiger partial charge in [-0.3, -0.25) is 4.79 Å². The van der Waals surface area contributed by atoms with Crippen LogP contribution in [0.1, 0.15) is 71.1 Å². The van der Waals surface area contributed by atoms with E-state index in [0.717, 1.165) is 68.8 Å². The Morgan fingerprint density at radius 1 is 0.897 bits per heavy atom. The van der Waals surface area contributed by atoms with Gasteiger partial charge in [0.05, 0.1) is 5.92 Å². The molecule has 162 valence electrons. The van der Waals surface area contributed by atoms with Gasteiger partial charge in [-0.2, -0.15) is 0 Å². The monoisotopic (exact) mass is 406 g/mol. The van der Waals surface area contributed by atoms with Crippen LogP contribution in [0.4, 0.5) is 0 Å². The molecule has 6 heteroatoms. The van der Waals surface area contributed by atoms with Gasteiger partial charge in [0.2, 0.25) is 0 Å². The van der Waals surface area contributed by atoms with Crippen molar-refractivity contribution in [1.29, 1.82) is 0 Å². The minimum atomic E-state index is -0.981. The van der Waals surface area contributed by atoms with Crippen LogP contribution in [0.15, 0.2) is 24.3 Å². The van der Waals surface area contributed by atoms with E-state index in [9.17, 15) is 19.5 Å². The minimum Gasteiger partial charge on any atom is -0.481 e. The molecule has 5 fully saturated rings. The second kappa shape index (κ2) is 10.1. The lowest BCUT2D eigenvalue weighted by atomic mass is 9.48. The van der Waals surface area contributed by atoms with Crippen LogP contribution in [0.3, 0.4) is 0 Å². The van der Waals surface area contributed by atoms with Crippen molar-refractivity contribution in [3.8, 4) is 0 Å². The molecule has 0 amide bonds. The molecule has 5 saturated carbocycles. The summed E-state index contributed by atoms with van der Waals surface area (Å²) < 4.78 is 0. The number of hydrogen-bond donors (Lipinski definition) is 3. The standard InChI is InChI=1S/C14H20O2.C6H10O2.C3H4O2/c1-2-12(13(15)16)14-6-9-3-10(7-14)5-11(4-9)8-14;7-6(8)5-3-1-2-4-5;1-2-3(4)5/h2,9-11H,3-8H2,1H3,(H,15,16);5H,1-4H2,(H,7,8);2H,1H2,(H,4,5). The smallest absolute Gasteiger partial charge is 0.331 e. The van der Waals surface area contributed by atoms with Gasteiger partial charge in [-0.05, 0) is 76.0 Å². The van der Waals surface area contributed by atoms with Crippen LogP contribution < -0.4 is 0 Å². The molecule has 0 atom stereocenters. The van der Waals surface area contributed by atoms with Crippen molar-refractivity contribution in [3.05, 3.63) is 24.3 Å². The fourth-order valence-corrected chi connectivity index (χ4v) is 6.27. The summed E-state index contributed by atoms with van der Waals surface area (Å²) in [5, 5.41) is 25.4. The number of hydrogen-bond acceptors (Lipinski definition) is 3. The molecule has 0 spiro atoms. The summed E-state index contributed by atoms with van der Waals surface area (Å²) in [6, 6.07) is 0. The maximum Gasteiger partial charge on any atom is 0.331 e. The summed E-state index contributed by atoms with van der Waals surface area (Å²) in [5.41, 5.74) is 0.765. The fourth-order valence-electron chi connectivity index (χ4n) is 6.27. The molecule has 0 aromatic rings. The first kappa shape index (κ1) is 23.2. The van der Waals surface area contributed by atoms with Crippen LogP contribution >= 0.6 is 0 Å². The lowest BCUT2D eigenvalue weighted by Gasteiger charge is -2.57. The topological polar surface area (TPSA) is 112 Å². The van der Waals surface area contributed by atoms with Gasteiger partial charge in [0.1, 0.15) is 0 Å². The van der Waals surface area contributed by atoms with Gasteiger partial charge in [-0.1, -0.05) is 25.5 Å². The molecule has 0 aliphatic heterocycles. The van der Waals surface area contributed by atoms with Gasteiger partial charge in [-0.15, -0.1) is 0 Å². The largest absolute Gasteiger partial charge is 0.481 e. The van der Waals surface area contributed by atoms with Crippen molar-refractivity contribution in [3.63, 3.8) is 0 Å². The molecule has 5 aliphatic carbocycles. The number of rotatable bonds is 4. The molecule has 4 bridgehead atoms. The summed E-state index contributed by atoms with van der Waals surface area (Å²) in [6.45, 7) is 4.85. The molecule has 0 heterocycles. The Hall–Kier alpha value is -2.11. The predicted molar refractivity (Wildman–Crippen MR) is 109 cm³/mol. The Bertz CT molecular complexity index is 621. The van der Waals surface area contributed by atoms with E-state index < -0.39 is 17.9 Å². The van der Waals surface area contributed by atoms with Gasteiger partial charge in [0.25, 0.3) is 0 Å². The first-order valence-electron chi connectivity index (χ1n) is 10.7. The molecular formula is C23H34O6. The van der Waals surface area contributed by atoms with Crippen LogP contribution in [-0.2, 0) is 14.4 Å². The molecule has 5 rings (SSSR count). The molecule has 6 nitrogen and oxygen atoms in total. The molecule has 5 aliphatic rings. The molecule has 3 N–H and O–H groups in total. The average Bonchev–Trinajstić information content (AvgIpc) is 3.16. The van der Waals surface area contributed by atoms with Crippen molar-refractivity contribution in [1.82, 2.24) is 0 Å². The lowest BCUT2D eigenvalue weighted by molar-refractivity contribution is -0.141. The highest BCUT2D eigenvalue weighted by atomic mass is 16.4. The highest BCUT2D eigenvalue weighted by Gasteiger charge is 2.53. The van der Waals surface area contributed by atoms with Crippen LogP contribution in [0.25, 0.3) is 0 Å². The molecule has 0 aromatic heterocycles. The molecular weight excluding hydrogens is 372 g/mol. The number of carboxylic acids is 3. The fraction of sp³-hybridized carbons (Fsp3) is 0.696. The van der Waals surface area contributed by atoms with Crippen LogP contribution in [-0.4, -0.2) is 33.2 Å². The van der Waals surface area contributed by atoms with Crippen molar-refractivity contribution in [2.75, 3.05) is 0 Å². The third-order valence-electron chi connectivity index (χ3n) is 7.01. The maximum atomic E-state index is 11.4. The molecule has 0 radical (unpaired) electrons. The van der Waals surface area contributed by atoms with E-state index >= 15 is 0 Å². The Kier molecular flexibility index (Phi) is 8.05. The van der Waals surface area contributed by atoms with Gasteiger partial charge in [0.15, 0.2) is 0 Å². The third kappa shape index (κ3) is 5.94. The number of allylic oxidation sites excluding steroid dienone is 1. The quantitative estimate of drug-likeness (QED) is 0.581. The second-order valence-corrected chi connectivity index (χ2v) is 9.07. The summed E-state index contributed by atoms with van der Waals surface area (Å²) in [7, 11) is 0. The summed E-state index contributed by atoms with van der Waals surface area (Å²) in [5.74, 6) is 0.175. The normalized spacial score (nSPS) is 32.4. The number of carbonyl (C=O) groups is 3. The molecule has 0 aromatic carbocycles. The highest BCUT2D eigenvalue weighted by Crippen LogP contribution is 2.62. The predicted octanol–water partition coefficient (Wildman–Crippen LogP) is 4.75. The Labute approximate surface area is 172 Å². The van der Waals surface area contributed by atoms with E-state index in [1.807, 2.05) is 13.0 Å². The van der Waals surface area contributed by atoms with Crippen LogP contribution in [0, 0.1) is 29.1 Å². The lowest BCUT2D eigenvalue weighted by Crippen LogP contribution is -2.48. The second-order valence-electron chi connectivity index (χ2n) is 9.07. The van der Waals surface area contributed by atoms with Gasteiger partial charge >= 0.3 is 17.9 Å². The van der Waals surface area contributed by atoms with Crippen molar-refractivity contribution < 1.29 is 29.7 Å². The first-order valence-corrected chi connectivity index (χ1v) is 10.7. The van der Waals surface area contributed by atoms with E-state index in [1.54, 1.807) is 0 Å². The average molecular weight is 407 g/mol. The summed E-state index contributed by atoms with van der Waals surface area (Å²) in [4.78, 5) is 30.8. The minimum absolute atomic E-state index is 0.0185.